The fourth-order valence-electron chi connectivity index (χ4n) is 5.01. The van der Waals surface area contributed by atoms with Crippen molar-refractivity contribution in [1.29, 1.82) is 0 Å². The van der Waals surface area contributed by atoms with Gasteiger partial charge >= 0.3 is 6.36 Å². The van der Waals surface area contributed by atoms with Crippen molar-refractivity contribution in [2.45, 2.75) is 52.3 Å². The number of ether oxygens (including phenoxy) is 1. The number of halogens is 3. The van der Waals surface area contributed by atoms with E-state index in [2.05, 4.69) is 44.2 Å². The van der Waals surface area contributed by atoms with Crippen molar-refractivity contribution in [1.82, 2.24) is 20.1 Å². The first-order valence-electron chi connectivity index (χ1n) is 14.9. The Morgan fingerprint density at radius 2 is 1.89 bits per heavy atom. The van der Waals surface area contributed by atoms with Gasteiger partial charge in [-0.25, -0.2) is 9.67 Å². The molecule has 3 aromatic carbocycles. The number of amides is 1. The Morgan fingerprint density at radius 3 is 2.65 bits per heavy atom. The number of benzene rings is 3. The maximum Gasteiger partial charge on any atom is 0.573 e. The zero-order valence-corrected chi connectivity index (χ0v) is 27.0. The van der Waals surface area contributed by atoms with Crippen LogP contribution in [0.5, 0.6) is 5.75 Å². The first kappa shape index (κ1) is 33.1. The number of anilines is 1. The zero-order valence-electron chi connectivity index (χ0n) is 25.4. The number of aliphatic imine (C=N–C) groups is 1. The van der Waals surface area contributed by atoms with Gasteiger partial charge in [-0.15, -0.1) is 18.3 Å². The van der Waals surface area contributed by atoms with Crippen LogP contribution in [0.4, 0.5) is 18.9 Å². The Balaban J connectivity index is 1.12. The highest BCUT2D eigenvalue weighted by Gasteiger charge is 2.32. The van der Waals surface area contributed by atoms with Crippen LogP contribution < -0.4 is 15.0 Å². The second-order valence-electron chi connectivity index (χ2n) is 10.7. The van der Waals surface area contributed by atoms with Crippen molar-refractivity contribution >= 4 is 45.9 Å². The molecule has 0 saturated carbocycles. The molecule has 5 rings (SSSR count). The van der Waals surface area contributed by atoms with Crippen LogP contribution in [0.15, 0.2) is 78.0 Å². The number of carbonyl (C=O) groups is 1. The monoisotopic (exact) mass is 666 g/mol. The van der Waals surface area contributed by atoms with E-state index in [0.29, 0.717) is 34.1 Å². The lowest BCUT2D eigenvalue weighted by molar-refractivity contribution is -0.274. The average molecular weight is 667 g/mol. The van der Waals surface area contributed by atoms with Gasteiger partial charge in [0, 0.05) is 12.1 Å². The molecule has 4 aromatic rings. The number of carbonyl (C=O) groups excluding carboxylic acids is 1. The maximum absolute atomic E-state index is 12.8. The molecule has 0 aliphatic carbocycles. The number of unbranched alkanes of at least 4 members (excludes halogenated alkanes) is 1. The van der Waals surface area contributed by atoms with E-state index in [4.69, 9.17) is 12.2 Å². The minimum atomic E-state index is -4.74. The van der Waals surface area contributed by atoms with E-state index in [1.165, 1.54) is 47.0 Å². The van der Waals surface area contributed by atoms with Gasteiger partial charge in [-0.1, -0.05) is 55.4 Å². The highest BCUT2D eigenvalue weighted by molar-refractivity contribution is 8.15. The lowest BCUT2D eigenvalue weighted by Gasteiger charge is -2.20. The van der Waals surface area contributed by atoms with E-state index in [0.717, 1.165) is 60.0 Å². The van der Waals surface area contributed by atoms with Crippen LogP contribution in [0.25, 0.3) is 17.1 Å². The zero-order chi connectivity index (χ0) is 32.7. The molecule has 1 fully saturated rings. The summed E-state index contributed by atoms with van der Waals surface area (Å²) in [5, 5.41) is 8.67. The molecule has 0 bridgehead atoms. The van der Waals surface area contributed by atoms with Crippen molar-refractivity contribution in [3.05, 3.63) is 89.7 Å². The Kier molecular flexibility index (Phi) is 10.7. The van der Waals surface area contributed by atoms with Gasteiger partial charge in [0.25, 0.3) is 0 Å². The van der Waals surface area contributed by atoms with Crippen molar-refractivity contribution in [2.24, 2.45) is 4.99 Å². The van der Waals surface area contributed by atoms with Crippen molar-refractivity contribution < 1.29 is 22.7 Å². The molecule has 1 saturated heterocycles. The molecule has 1 aromatic heterocycles. The fourth-order valence-corrected chi connectivity index (χ4v) is 6.12. The number of aryl methyl sites for hydroxylation is 3. The number of alkyl halides is 3. The molecule has 0 spiro atoms. The predicted molar refractivity (Wildman–Crippen MR) is 180 cm³/mol. The van der Waals surface area contributed by atoms with E-state index in [9.17, 15) is 18.0 Å². The molecule has 2 heterocycles. The molecular weight excluding hydrogens is 634 g/mol. The highest BCUT2D eigenvalue weighted by atomic mass is 32.2. The van der Waals surface area contributed by atoms with Crippen LogP contribution in [0.2, 0.25) is 0 Å². The molecule has 46 heavy (non-hydrogen) atoms. The van der Waals surface area contributed by atoms with E-state index in [-0.39, 0.29) is 11.7 Å². The summed E-state index contributed by atoms with van der Waals surface area (Å²) in [5.41, 5.74) is 5.62. The molecule has 13 heteroatoms. The number of rotatable bonds is 11. The van der Waals surface area contributed by atoms with Crippen molar-refractivity contribution in [3.8, 4) is 22.8 Å². The standard InChI is InChI=1S/C33H33F3N6O2S2/c1-3-7-24-12-11-22(2)18-28(24)42-29(43)20-46-32(42)39-31(45)37-17-5-4-8-23-9-6-10-25(19-23)30-38-21-41(40-30)26-13-15-27(16-14-26)44-33(34,35)36/h6,9-16,18-19,21H,3-5,7-8,17,20H2,1-2H3,(H,37,45). The van der Waals surface area contributed by atoms with Crippen LogP contribution in [0.1, 0.15) is 42.9 Å². The summed E-state index contributed by atoms with van der Waals surface area (Å²) in [5.74, 6) is 0.550. The number of aromatic nitrogens is 3. The Morgan fingerprint density at radius 1 is 1.09 bits per heavy atom. The van der Waals surface area contributed by atoms with Crippen molar-refractivity contribution in [3.63, 3.8) is 0 Å². The normalized spacial score (nSPS) is 14.2. The van der Waals surface area contributed by atoms with Crippen LogP contribution >= 0.6 is 24.0 Å². The van der Waals surface area contributed by atoms with E-state index < -0.39 is 6.36 Å². The molecule has 1 aliphatic rings. The van der Waals surface area contributed by atoms with Gasteiger partial charge < -0.3 is 10.1 Å². The fraction of sp³-hybridized carbons (Fsp3) is 0.303. The summed E-state index contributed by atoms with van der Waals surface area (Å²) in [7, 11) is 0. The maximum atomic E-state index is 12.8. The molecule has 1 amide bonds. The summed E-state index contributed by atoms with van der Waals surface area (Å²) in [6, 6.07) is 19.6. The first-order chi connectivity index (χ1) is 22.1. The summed E-state index contributed by atoms with van der Waals surface area (Å²) in [6.07, 6.45) is 1.24. The lowest BCUT2D eigenvalue weighted by Crippen LogP contribution is -2.32. The number of amidine groups is 1. The molecule has 0 atom stereocenters. The molecular formula is C33H33F3N6O2S2. The van der Waals surface area contributed by atoms with Gasteiger partial charge in [-0.3, -0.25) is 9.69 Å². The Labute approximate surface area is 275 Å². The summed E-state index contributed by atoms with van der Waals surface area (Å²) < 4.78 is 42.8. The molecule has 0 unspecified atom stereocenters. The van der Waals surface area contributed by atoms with Crippen LogP contribution in [0, 0.1) is 6.92 Å². The van der Waals surface area contributed by atoms with E-state index in [1.807, 2.05) is 37.3 Å². The molecule has 8 nitrogen and oxygen atoms in total. The van der Waals surface area contributed by atoms with Gasteiger partial charge in [0.2, 0.25) is 5.91 Å². The predicted octanol–water partition coefficient (Wildman–Crippen LogP) is 7.43. The summed E-state index contributed by atoms with van der Waals surface area (Å²) in [6.45, 7) is 4.79. The third kappa shape index (κ3) is 8.73. The number of nitrogens with zero attached hydrogens (tertiary/aromatic N) is 5. The van der Waals surface area contributed by atoms with Crippen LogP contribution in [-0.2, 0) is 17.6 Å². The first-order valence-corrected chi connectivity index (χ1v) is 16.3. The third-order valence-corrected chi connectivity index (χ3v) is 8.30. The van der Waals surface area contributed by atoms with E-state index in [1.54, 1.807) is 4.90 Å². The lowest BCUT2D eigenvalue weighted by atomic mass is 10.0. The smallest absolute Gasteiger partial charge is 0.406 e. The van der Waals surface area contributed by atoms with Gasteiger partial charge in [0.1, 0.15) is 12.1 Å². The SMILES string of the molecule is CCCc1ccc(C)cc1N1C(=O)CSC1=NC(=S)NCCCCc1cccc(-c2ncn(-c3ccc(OC(F)(F)F)cc3)n2)c1. The number of nitrogens with one attached hydrogen (secondary N) is 1. The van der Waals surface area contributed by atoms with Crippen LogP contribution in [0.3, 0.4) is 0 Å². The summed E-state index contributed by atoms with van der Waals surface area (Å²) >= 11 is 6.91. The Hall–Kier alpha value is -4.23. The topological polar surface area (TPSA) is 84.6 Å². The van der Waals surface area contributed by atoms with Crippen LogP contribution in [-0.4, -0.2) is 49.6 Å². The number of thioether (sulfide) groups is 1. The molecule has 1 aliphatic heterocycles. The van der Waals surface area contributed by atoms with E-state index >= 15 is 0 Å². The third-order valence-electron chi connectivity index (χ3n) is 7.14. The molecule has 240 valence electrons. The summed E-state index contributed by atoms with van der Waals surface area (Å²) in [4.78, 5) is 23.5. The molecule has 0 radical (unpaired) electrons. The van der Waals surface area contributed by atoms with Crippen molar-refractivity contribution in [2.75, 3.05) is 17.2 Å². The van der Waals surface area contributed by atoms with Gasteiger partial charge in [0.05, 0.1) is 17.1 Å². The number of hydrogen-bond donors (Lipinski definition) is 1. The second kappa shape index (κ2) is 14.9. The highest BCUT2D eigenvalue weighted by Crippen LogP contribution is 2.31. The van der Waals surface area contributed by atoms with Gasteiger partial charge in [-0.05, 0) is 97.9 Å². The second-order valence-corrected chi connectivity index (χ2v) is 12.1. The number of thiocarbonyl (C=S) groups is 1. The largest absolute Gasteiger partial charge is 0.573 e. The number of hydrogen-bond acceptors (Lipinski definition) is 6. The molecule has 1 N–H and O–H groups in total. The Bertz CT molecular complexity index is 1720. The quantitative estimate of drug-likeness (QED) is 0.132. The minimum Gasteiger partial charge on any atom is -0.406 e. The average Bonchev–Trinajstić information content (AvgIpc) is 3.65. The van der Waals surface area contributed by atoms with Gasteiger partial charge in [0.15, 0.2) is 16.1 Å². The minimum absolute atomic E-state index is 0.00677. The van der Waals surface area contributed by atoms with Gasteiger partial charge in [-0.2, -0.15) is 4.99 Å².